The molecule has 0 unspecified atom stereocenters. The first kappa shape index (κ1) is 20.5. The third-order valence-corrected chi connectivity index (χ3v) is 5.79. The monoisotopic (exact) mass is 414 g/mol. The van der Waals surface area contributed by atoms with Crippen molar-refractivity contribution in [2.24, 2.45) is 10.5 Å². The van der Waals surface area contributed by atoms with E-state index in [4.69, 9.17) is 9.47 Å². The van der Waals surface area contributed by atoms with Gasteiger partial charge in [-0.25, -0.2) is 10.2 Å². The summed E-state index contributed by atoms with van der Waals surface area (Å²) in [5, 5.41) is 4.14. The number of hydrogen-bond acceptors (Lipinski definition) is 6. The van der Waals surface area contributed by atoms with E-state index in [0.29, 0.717) is 25.5 Å². The molecule has 4 rings (SSSR count). The lowest BCUT2D eigenvalue weighted by molar-refractivity contribution is -0.122. The molecule has 0 radical (unpaired) electrons. The van der Waals surface area contributed by atoms with Gasteiger partial charge in [0.15, 0.2) is 5.84 Å². The molecule has 1 saturated heterocycles. The van der Waals surface area contributed by atoms with Crippen LogP contribution < -0.4 is 15.1 Å². The smallest absolute Gasteiger partial charge is 0.410 e. The summed E-state index contributed by atoms with van der Waals surface area (Å²) in [6, 6.07) is 5.80. The molecule has 0 spiro atoms. The Morgan fingerprint density at radius 1 is 1.37 bits per heavy atom. The lowest BCUT2D eigenvalue weighted by Gasteiger charge is -2.48. The SMILES string of the molecule is C[C@@H]1C(=O)NN=C2COc3ccc(CCC4(C)CN(C(=O)OC(C)(C)C)C4)cc3N21. The van der Waals surface area contributed by atoms with Gasteiger partial charge in [0.1, 0.15) is 24.0 Å². The number of fused-ring (bicyclic) bond motifs is 3. The summed E-state index contributed by atoms with van der Waals surface area (Å²) in [7, 11) is 0. The van der Waals surface area contributed by atoms with Crippen LogP contribution in [0.2, 0.25) is 0 Å². The van der Waals surface area contributed by atoms with Crippen LogP contribution in [0, 0.1) is 5.41 Å². The lowest BCUT2D eigenvalue weighted by atomic mass is 9.77. The fourth-order valence-corrected chi connectivity index (χ4v) is 4.16. The minimum absolute atomic E-state index is 0.0776. The molecule has 1 atom stereocenters. The van der Waals surface area contributed by atoms with Crippen LogP contribution in [0.5, 0.6) is 5.75 Å². The van der Waals surface area contributed by atoms with Crippen LogP contribution in [-0.4, -0.2) is 54.1 Å². The number of nitrogens with one attached hydrogen (secondary N) is 1. The first-order chi connectivity index (χ1) is 14.0. The van der Waals surface area contributed by atoms with Crippen LogP contribution >= 0.6 is 0 Å². The zero-order valence-electron chi connectivity index (χ0n) is 18.3. The predicted octanol–water partition coefficient (Wildman–Crippen LogP) is 2.91. The van der Waals surface area contributed by atoms with Gasteiger partial charge in [-0.3, -0.25) is 4.79 Å². The highest BCUT2D eigenvalue weighted by atomic mass is 16.6. The van der Waals surface area contributed by atoms with E-state index in [9.17, 15) is 9.59 Å². The van der Waals surface area contributed by atoms with Crippen LogP contribution in [0.1, 0.15) is 46.6 Å². The lowest BCUT2D eigenvalue weighted by Crippen LogP contribution is -2.58. The highest BCUT2D eigenvalue weighted by Gasteiger charge is 2.42. The Bertz CT molecular complexity index is 899. The van der Waals surface area contributed by atoms with Gasteiger partial charge in [0.25, 0.3) is 5.91 Å². The number of amides is 2. The molecule has 2 amide bonds. The van der Waals surface area contributed by atoms with E-state index >= 15 is 0 Å². The van der Waals surface area contributed by atoms with Crippen molar-refractivity contribution in [3.8, 4) is 5.75 Å². The van der Waals surface area contributed by atoms with E-state index in [1.165, 1.54) is 5.56 Å². The number of carbonyl (C=O) groups is 2. The maximum atomic E-state index is 12.2. The topological polar surface area (TPSA) is 83.5 Å². The maximum Gasteiger partial charge on any atom is 0.410 e. The zero-order valence-corrected chi connectivity index (χ0v) is 18.3. The molecular formula is C22H30N4O4. The largest absolute Gasteiger partial charge is 0.483 e. The summed E-state index contributed by atoms with van der Waals surface area (Å²) in [5.41, 5.74) is 4.21. The molecule has 1 aromatic carbocycles. The molecule has 3 aliphatic heterocycles. The van der Waals surface area contributed by atoms with Crippen molar-refractivity contribution in [3.63, 3.8) is 0 Å². The highest BCUT2D eigenvalue weighted by Crippen LogP contribution is 2.38. The quantitative estimate of drug-likeness (QED) is 0.822. The number of hydrazone groups is 1. The van der Waals surface area contributed by atoms with Crippen molar-refractivity contribution in [2.45, 2.75) is 59.1 Å². The fraction of sp³-hybridized carbons (Fsp3) is 0.591. The van der Waals surface area contributed by atoms with Crippen molar-refractivity contribution in [1.82, 2.24) is 10.3 Å². The zero-order chi connectivity index (χ0) is 21.7. The van der Waals surface area contributed by atoms with Crippen LogP contribution in [0.3, 0.4) is 0 Å². The minimum atomic E-state index is -0.473. The summed E-state index contributed by atoms with van der Waals surface area (Å²) < 4.78 is 11.3. The van der Waals surface area contributed by atoms with E-state index in [1.807, 2.05) is 38.7 Å². The van der Waals surface area contributed by atoms with Gasteiger partial charge in [-0.05, 0) is 58.2 Å². The van der Waals surface area contributed by atoms with Gasteiger partial charge in [0.2, 0.25) is 0 Å². The second-order valence-corrected chi connectivity index (χ2v) is 9.79. The van der Waals surface area contributed by atoms with Gasteiger partial charge in [-0.15, -0.1) is 0 Å². The van der Waals surface area contributed by atoms with Crippen LogP contribution in [0.4, 0.5) is 10.5 Å². The number of hydrogen-bond donors (Lipinski definition) is 1. The van der Waals surface area contributed by atoms with E-state index in [2.05, 4.69) is 29.6 Å². The Kier molecular flexibility index (Phi) is 4.91. The number of amidine groups is 1. The summed E-state index contributed by atoms with van der Waals surface area (Å²) in [4.78, 5) is 28.0. The van der Waals surface area contributed by atoms with Crippen molar-refractivity contribution in [3.05, 3.63) is 23.8 Å². The Balaban J connectivity index is 1.40. The van der Waals surface area contributed by atoms with E-state index in [0.717, 1.165) is 24.3 Å². The third kappa shape index (κ3) is 3.95. The number of benzene rings is 1. The minimum Gasteiger partial charge on any atom is -0.483 e. The number of nitrogens with zero attached hydrogens (tertiary/aromatic N) is 3. The Morgan fingerprint density at radius 3 is 2.80 bits per heavy atom. The Hall–Kier alpha value is -2.77. The van der Waals surface area contributed by atoms with Gasteiger partial charge in [0.05, 0.1) is 5.69 Å². The van der Waals surface area contributed by atoms with Crippen LogP contribution in [0.15, 0.2) is 23.3 Å². The highest BCUT2D eigenvalue weighted by molar-refractivity contribution is 6.09. The predicted molar refractivity (Wildman–Crippen MR) is 114 cm³/mol. The summed E-state index contributed by atoms with van der Waals surface area (Å²) in [5.74, 6) is 1.36. The van der Waals surface area contributed by atoms with Crippen molar-refractivity contribution in [1.29, 1.82) is 0 Å². The molecule has 0 aromatic heterocycles. The molecule has 1 aromatic rings. The molecule has 1 N–H and O–H groups in total. The van der Waals surface area contributed by atoms with Gasteiger partial charge < -0.3 is 19.3 Å². The first-order valence-electron chi connectivity index (χ1n) is 10.4. The van der Waals surface area contributed by atoms with Crippen molar-refractivity contribution < 1.29 is 19.1 Å². The third-order valence-electron chi connectivity index (χ3n) is 5.79. The number of rotatable bonds is 3. The van der Waals surface area contributed by atoms with Crippen molar-refractivity contribution in [2.75, 3.05) is 24.6 Å². The molecule has 0 bridgehead atoms. The van der Waals surface area contributed by atoms with E-state index < -0.39 is 5.60 Å². The molecule has 3 heterocycles. The second kappa shape index (κ2) is 7.18. The average Bonchev–Trinajstić information content (AvgIpc) is 2.65. The average molecular weight is 415 g/mol. The number of likely N-dealkylation sites (tertiary alicyclic amines) is 1. The fourth-order valence-electron chi connectivity index (χ4n) is 4.16. The summed E-state index contributed by atoms with van der Waals surface area (Å²) in [6.07, 6.45) is 1.60. The van der Waals surface area contributed by atoms with E-state index in [-0.39, 0.29) is 23.5 Å². The molecule has 8 heteroatoms. The normalized spacial score (nSPS) is 22.1. The molecule has 8 nitrogen and oxygen atoms in total. The molecule has 162 valence electrons. The van der Waals surface area contributed by atoms with Gasteiger partial charge >= 0.3 is 6.09 Å². The summed E-state index contributed by atoms with van der Waals surface area (Å²) >= 11 is 0. The number of aryl methyl sites for hydroxylation is 1. The summed E-state index contributed by atoms with van der Waals surface area (Å²) in [6.45, 7) is 11.5. The van der Waals surface area contributed by atoms with Gasteiger partial charge in [-0.2, -0.15) is 5.10 Å². The number of carbonyl (C=O) groups excluding carboxylic acids is 2. The Labute approximate surface area is 177 Å². The maximum absolute atomic E-state index is 12.2. The number of ether oxygens (including phenoxy) is 2. The van der Waals surface area contributed by atoms with E-state index in [1.54, 1.807) is 4.90 Å². The molecular weight excluding hydrogens is 384 g/mol. The second-order valence-electron chi connectivity index (χ2n) is 9.79. The molecule has 3 aliphatic rings. The number of anilines is 1. The molecule has 0 saturated carbocycles. The Morgan fingerprint density at radius 2 is 2.10 bits per heavy atom. The standard InChI is InChI=1S/C22H30N4O4/c1-14-19(27)24-23-18-11-29-17-7-6-15(10-16(17)26(14)18)8-9-22(5)12-25(13-22)20(28)30-21(2,3)4/h6-7,10,14H,8-9,11-13H2,1-5H3,(H,24,27)/t14-/m1/s1. The van der Waals surface area contributed by atoms with Crippen molar-refractivity contribution >= 4 is 23.5 Å². The van der Waals surface area contributed by atoms with Crippen LogP contribution in [-0.2, 0) is 16.0 Å². The van der Waals surface area contributed by atoms with Gasteiger partial charge in [0, 0.05) is 18.5 Å². The van der Waals surface area contributed by atoms with Gasteiger partial charge in [-0.1, -0.05) is 13.0 Å². The molecule has 30 heavy (non-hydrogen) atoms. The molecule has 1 fully saturated rings. The first-order valence-corrected chi connectivity index (χ1v) is 10.4. The van der Waals surface area contributed by atoms with Crippen LogP contribution in [0.25, 0.3) is 0 Å². The molecule has 0 aliphatic carbocycles.